The number of hydrogen-bond donors (Lipinski definition) is 2. The van der Waals surface area contributed by atoms with Crippen LogP contribution in [-0.2, 0) is 10.0 Å². The molecule has 1 aromatic carbocycles. The Hall–Kier alpha value is -0.820. The van der Waals surface area contributed by atoms with Crippen molar-refractivity contribution in [2.45, 2.75) is 51.5 Å². The molecule has 1 aliphatic heterocycles. The topological polar surface area (TPSA) is 67.4 Å². The summed E-state index contributed by atoms with van der Waals surface area (Å²) in [6, 6.07) is 5.00. The van der Waals surface area contributed by atoms with Crippen molar-refractivity contribution in [2.75, 3.05) is 19.6 Å². The summed E-state index contributed by atoms with van der Waals surface area (Å²) in [5, 5.41) is 3.33. The van der Waals surface area contributed by atoms with Crippen LogP contribution >= 0.6 is 12.4 Å². The fourth-order valence-electron chi connectivity index (χ4n) is 2.80. The lowest BCUT2D eigenvalue weighted by Gasteiger charge is -2.34. The molecule has 1 saturated heterocycles. The summed E-state index contributed by atoms with van der Waals surface area (Å²) in [4.78, 5) is 0.290. The van der Waals surface area contributed by atoms with E-state index in [1.54, 1.807) is 18.2 Å². The average Bonchev–Trinajstić information content (AvgIpc) is 2.48. The number of hydrogen-bond acceptors (Lipinski definition) is 4. The summed E-state index contributed by atoms with van der Waals surface area (Å²) in [6.07, 6.45) is 2.18. The van der Waals surface area contributed by atoms with Crippen LogP contribution < -0.4 is 14.8 Å². The van der Waals surface area contributed by atoms with Crippen LogP contribution in [-0.4, -0.2) is 34.2 Å². The van der Waals surface area contributed by atoms with Gasteiger partial charge in [-0.25, -0.2) is 13.1 Å². The highest BCUT2D eigenvalue weighted by atomic mass is 35.5. The molecule has 1 aliphatic rings. The maximum atomic E-state index is 12.5. The second-order valence-electron chi connectivity index (χ2n) is 7.01. The Morgan fingerprint density at radius 2 is 2.08 bits per heavy atom. The number of piperidine rings is 1. The van der Waals surface area contributed by atoms with Gasteiger partial charge in [-0.05, 0) is 69.3 Å². The minimum absolute atomic E-state index is 0. The molecule has 138 valence electrons. The molecular weight excluding hydrogens is 348 g/mol. The molecule has 7 heteroatoms. The van der Waals surface area contributed by atoms with Gasteiger partial charge in [-0.15, -0.1) is 12.4 Å². The third kappa shape index (κ3) is 5.62. The van der Waals surface area contributed by atoms with Crippen LogP contribution in [0.2, 0.25) is 0 Å². The van der Waals surface area contributed by atoms with E-state index in [4.69, 9.17) is 4.74 Å². The number of ether oxygens (including phenoxy) is 1. The monoisotopic (exact) mass is 376 g/mol. The standard InChI is InChI=1S/C17H28N2O3S.ClH/c1-13(2)22-16-7-6-15(10-14(16)3)23(20,21)19-12-17(4)8-5-9-18-11-17;/h6-7,10,13,18-19H,5,8-9,11-12H2,1-4H3;1H. The van der Waals surface area contributed by atoms with E-state index in [0.29, 0.717) is 11.4 Å². The molecule has 0 aliphatic carbocycles. The molecule has 0 saturated carbocycles. The van der Waals surface area contributed by atoms with E-state index >= 15 is 0 Å². The lowest BCUT2D eigenvalue weighted by atomic mass is 9.83. The molecule has 0 radical (unpaired) electrons. The molecule has 1 aromatic rings. The number of sulfonamides is 1. The van der Waals surface area contributed by atoms with Crippen molar-refractivity contribution in [2.24, 2.45) is 5.41 Å². The van der Waals surface area contributed by atoms with E-state index < -0.39 is 10.0 Å². The van der Waals surface area contributed by atoms with Gasteiger partial charge in [-0.2, -0.15) is 0 Å². The SMILES string of the molecule is Cc1cc(S(=O)(=O)NCC2(C)CCCNC2)ccc1OC(C)C.Cl. The predicted molar refractivity (Wildman–Crippen MR) is 99.6 cm³/mol. The van der Waals surface area contributed by atoms with E-state index in [-0.39, 0.29) is 23.9 Å². The van der Waals surface area contributed by atoms with Gasteiger partial charge in [0, 0.05) is 13.1 Å². The Morgan fingerprint density at radius 3 is 2.62 bits per heavy atom. The molecule has 5 nitrogen and oxygen atoms in total. The molecule has 1 heterocycles. The molecule has 1 fully saturated rings. The van der Waals surface area contributed by atoms with Gasteiger partial charge < -0.3 is 10.1 Å². The van der Waals surface area contributed by atoms with Crippen molar-refractivity contribution in [1.82, 2.24) is 10.0 Å². The molecule has 2 N–H and O–H groups in total. The second-order valence-corrected chi connectivity index (χ2v) is 8.78. The van der Waals surface area contributed by atoms with Crippen LogP contribution in [0.4, 0.5) is 0 Å². The zero-order chi connectivity index (χ0) is 17.1. The zero-order valence-electron chi connectivity index (χ0n) is 14.9. The second kappa shape index (κ2) is 8.52. The van der Waals surface area contributed by atoms with Gasteiger partial charge >= 0.3 is 0 Å². The molecule has 1 unspecified atom stereocenters. The van der Waals surface area contributed by atoms with Crippen molar-refractivity contribution < 1.29 is 13.2 Å². The molecule has 0 aromatic heterocycles. The fourth-order valence-corrected chi connectivity index (χ4v) is 4.08. The lowest BCUT2D eigenvalue weighted by Crippen LogP contribution is -2.45. The first kappa shape index (κ1) is 21.2. The van der Waals surface area contributed by atoms with Crippen LogP contribution in [0.15, 0.2) is 23.1 Å². The van der Waals surface area contributed by atoms with Gasteiger partial charge in [0.15, 0.2) is 0 Å². The maximum Gasteiger partial charge on any atom is 0.240 e. The third-order valence-corrected chi connectivity index (χ3v) is 5.59. The van der Waals surface area contributed by atoms with Gasteiger partial charge in [0.2, 0.25) is 10.0 Å². The van der Waals surface area contributed by atoms with Crippen LogP contribution in [0, 0.1) is 12.3 Å². The lowest BCUT2D eigenvalue weighted by molar-refractivity contribution is 0.238. The summed E-state index contributed by atoms with van der Waals surface area (Å²) in [5.41, 5.74) is 0.799. The van der Waals surface area contributed by atoms with E-state index in [9.17, 15) is 8.42 Å². The summed E-state index contributed by atoms with van der Waals surface area (Å²) in [6.45, 7) is 10.2. The molecular formula is C17H29ClN2O3S. The average molecular weight is 377 g/mol. The minimum Gasteiger partial charge on any atom is -0.491 e. The Balaban J connectivity index is 0.00000288. The zero-order valence-corrected chi connectivity index (χ0v) is 16.5. The van der Waals surface area contributed by atoms with Crippen molar-refractivity contribution in [3.8, 4) is 5.75 Å². The highest BCUT2D eigenvalue weighted by Gasteiger charge is 2.28. The first-order valence-corrected chi connectivity index (χ1v) is 9.68. The number of benzene rings is 1. The summed E-state index contributed by atoms with van der Waals surface area (Å²) >= 11 is 0. The van der Waals surface area contributed by atoms with Crippen LogP contribution in [0.5, 0.6) is 5.75 Å². The van der Waals surface area contributed by atoms with Gasteiger partial charge in [-0.1, -0.05) is 6.92 Å². The number of aryl methyl sites for hydroxylation is 1. The normalized spacial score (nSPS) is 21.4. The highest BCUT2D eigenvalue weighted by molar-refractivity contribution is 7.89. The van der Waals surface area contributed by atoms with E-state index in [2.05, 4.69) is 17.0 Å². The Bertz CT molecular complexity index is 641. The molecule has 0 bridgehead atoms. The number of nitrogens with one attached hydrogen (secondary N) is 2. The van der Waals surface area contributed by atoms with Gasteiger partial charge in [-0.3, -0.25) is 0 Å². The molecule has 2 rings (SSSR count). The van der Waals surface area contributed by atoms with Gasteiger partial charge in [0.05, 0.1) is 11.0 Å². The summed E-state index contributed by atoms with van der Waals surface area (Å²) in [7, 11) is -3.50. The Morgan fingerprint density at radius 1 is 1.38 bits per heavy atom. The third-order valence-electron chi connectivity index (χ3n) is 4.19. The number of rotatable bonds is 6. The first-order valence-electron chi connectivity index (χ1n) is 8.20. The first-order chi connectivity index (χ1) is 10.7. The molecule has 1 atom stereocenters. The minimum atomic E-state index is -3.50. The predicted octanol–water partition coefficient (Wildman–Crippen LogP) is 2.87. The van der Waals surface area contributed by atoms with Crippen LogP contribution in [0.1, 0.15) is 39.2 Å². The van der Waals surface area contributed by atoms with E-state index in [1.807, 2.05) is 20.8 Å². The van der Waals surface area contributed by atoms with Crippen molar-refractivity contribution in [3.63, 3.8) is 0 Å². The molecule has 24 heavy (non-hydrogen) atoms. The largest absolute Gasteiger partial charge is 0.491 e. The fraction of sp³-hybridized carbons (Fsp3) is 0.647. The summed E-state index contributed by atoms with van der Waals surface area (Å²) < 4.78 is 33.5. The van der Waals surface area contributed by atoms with Crippen molar-refractivity contribution in [3.05, 3.63) is 23.8 Å². The smallest absolute Gasteiger partial charge is 0.240 e. The Kier molecular flexibility index (Phi) is 7.53. The Labute approximate surface area is 152 Å². The summed E-state index contributed by atoms with van der Waals surface area (Å²) in [5.74, 6) is 0.724. The maximum absolute atomic E-state index is 12.5. The van der Waals surface area contributed by atoms with Gasteiger partial charge in [0.1, 0.15) is 5.75 Å². The van der Waals surface area contributed by atoms with E-state index in [0.717, 1.165) is 37.2 Å². The highest BCUT2D eigenvalue weighted by Crippen LogP contribution is 2.26. The van der Waals surface area contributed by atoms with Crippen molar-refractivity contribution >= 4 is 22.4 Å². The van der Waals surface area contributed by atoms with Gasteiger partial charge in [0.25, 0.3) is 0 Å². The number of halogens is 1. The molecule has 0 spiro atoms. The molecule has 0 amide bonds. The van der Waals surface area contributed by atoms with Crippen molar-refractivity contribution in [1.29, 1.82) is 0 Å². The van der Waals surface area contributed by atoms with Crippen LogP contribution in [0.25, 0.3) is 0 Å². The van der Waals surface area contributed by atoms with E-state index in [1.165, 1.54) is 0 Å². The quantitative estimate of drug-likeness (QED) is 0.801. The van der Waals surface area contributed by atoms with Crippen LogP contribution in [0.3, 0.4) is 0 Å².